The Morgan fingerprint density at radius 1 is 1.00 bits per heavy atom. The number of aryl methyl sites for hydroxylation is 4. The topological polar surface area (TPSA) is 108 Å². The molecule has 2 aromatic carbocycles. The first-order valence-corrected chi connectivity index (χ1v) is 12.7. The van der Waals surface area contributed by atoms with Crippen LogP contribution in [-0.2, 0) is 13.7 Å². The van der Waals surface area contributed by atoms with Gasteiger partial charge >= 0.3 is 0 Å². The van der Waals surface area contributed by atoms with Crippen LogP contribution in [0, 0.1) is 20.8 Å². The number of rotatable bonds is 5. The first-order chi connectivity index (χ1) is 19.0. The summed E-state index contributed by atoms with van der Waals surface area (Å²) in [7, 11) is 1.90. The number of hydrogen-bond donors (Lipinski definition) is 1. The van der Waals surface area contributed by atoms with Crippen LogP contribution in [0.15, 0.2) is 61.2 Å². The number of aromatic nitrogens is 8. The number of benzene rings is 2. The molecule has 194 valence electrons. The second kappa shape index (κ2) is 8.80. The zero-order chi connectivity index (χ0) is 26.7. The van der Waals surface area contributed by atoms with Crippen molar-refractivity contribution in [2.24, 2.45) is 7.05 Å². The number of aromatic amines is 1. The Balaban J connectivity index is 1.24. The van der Waals surface area contributed by atoms with Crippen LogP contribution in [0.1, 0.15) is 45.0 Å². The van der Waals surface area contributed by atoms with Crippen LogP contribution in [0.3, 0.4) is 0 Å². The van der Waals surface area contributed by atoms with E-state index in [9.17, 15) is 0 Å². The third-order valence-electron chi connectivity index (χ3n) is 7.18. The fourth-order valence-electron chi connectivity index (χ4n) is 5.24. The van der Waals surface area contributed by atoms with Crippen molar-refractivity contribution >= 4 is 5.65 Å². The quantitative estimate of drug-likeness (QED) is 0.340. The highest BCUT2D eigenvalue weighted by molar-refractivity contribution is 5.68. The van der Waals surface area contributed by atoms with Gasteiger partial charge in [-0.2, -0.15) is 5.10 Å². The maximum absolute atomic E-state index is 6.12. The largest absolute Gasteiger partial charge is 0.488 e. The summed E-state index contributed by atoms with van der Waals surface area (Å²) in [6.45, 7) is 6.59. The molecular weight excluding hydrogens is 492 g/mol. The molecule has 0 amide bonds. The lowest BCUT2D eigenvalue weighted by atomic mass is 9.86. The smallest absolute Gasteiger partial charge is 0.244 e. The van der Waals surface area contributed by atoms with Gasteiger partial charge in [-0.1, -0.05) is 42.5 Å². The molecule has 10 heteroatoms. The highest BCUT2D eigenvalue weighted by atomic mass is 16.5. The highest BCUT2D eigenvalue weighted by Crippen LogP contribution is 2.48. The minimum absolute atomic E-state index is 0.200. The third-order valence-corrected chi connectivity index (χ3v) is 7.18. The molecule has 0 bridgehead atoms. The molecule has 0 spiro atoms. The van der Waals surface area contributed by atoms with Crippen LogP contribution < -0.4 is 9.47 Å². The summed E-state index contributed by atoms with van der Waals surface area (Å²) in [4.78, 5) is 9.52. The van der Waals surface area contributed by atoms with Crippen molar-refractivity contribution in [3.8, 4) is 28.9 Å². The van der Waals surface area contributed by atoms with Gasteiger partial charge in [-0.25, -0.2) is 14.5 Å². The van der Waals surface area contributed by atoms with E-state index in [-0.39, 0.29) is 5.92 Å². The van der Waals surface area contributed by atoms with Crippen molar-refractivity contribution in [2.75, 3.05) is 0 Å². The minimum atomic E-state index is -0.200. The predicted octanol–water partition coefficient (Wildman–Crippen LogP) is 5.04. The lowest BCUT2D eigenvalue weighted by molar-refractivity contribution is 0.302. The molecule has 39 heavy (non-hydrogen) atoms. The van der Waals surface area contributed by atoms with Crippen molar-refractivity contribution < 1.29 is 9.47 Å². The van der Waals surface area contributed by atoms with E-state index in [1.165, 1.54) is 0 Å². The summed E-state index contributed by atoms with van der Waals surface area (Å²) in [5.74, 6) is 2.32. The molecule has 7 rings (SSSR count). The van der Waals surface area contributed by atoms with Gasteiger partial charge in [0.25, 0.3) is 0 Å². The molecule has 0 saturated carbocycles. The predicted molar refractivity (Wildman–Crippen MR) is 144 cm³/mol. The maximum atomic E-state index is 6.12. The fourth-order valence-corrected chi connectivity index (χ4v) is 5.24. The van der Waals surface area contributed by atoms with Gasteiger partial charge in [0.1, 0.15) is 18.7 Å². The summed E-state index contributed by atoms with van der Waals surface area (Å²) >= 11 is 0. The Morgan fingerprint density at radius 3 is 2.54 bits per heavy atom. The zero-order valence-corrected chi connectivity index (χ0v) is 22.0. The van der Waals surface area contributed by atoms with Gasteiger partial charge in [-0.05, 0) is 37.5 Å². The number of fused-ring (bicyclic) bond motifs is 4. The molecule has 4 aromatic heterocycles. The van der Waals surface area contributed by atoms with Gasteiger partial charge in [0.15, 0.2) is 11.5 Å². The molecular formula is C29H26N8O2. The number of ether oxygens (including phenoxy) is 2. The van der Waals surface area contributed by atoms with Crippen LogP contribution in [-0.4, -0.2) is 39.6 Å². The molecule has 0 fully saturated rings. The van der Waals surface area contributed by atoms with Crippen molar-refractivity contribution in [1.29, 1.82) is 0 Å². The molecule has 0 radical (unpaired) electrons. The van der Waals surface area contributed by atoms with Gasteiger partial charge < -0.3 is 9.47 Å². The van der Waals surface area contributed by atoms with E-state index >= 15 is 0 Å². The van der Waals surface area contributed by atoms with Crippen LogP contribution in [0.5, 0.6) is 17.5 Å². The molecule has 1 atom stereocenters. The van der Waals surface area contributed by atoms with Crippen molar-refractivity contribution in [3.63, 3.8) is 0 Å². The van der Waals surface area contributed by atoms with Crippen molar-refractivity contribution in [3.05, 3.63) is 100 Å². The SMILES string of the molecule is Cc1cccc(C)c1OCc1ccc(-c2nc3c4c(ncn3n2)Oc2n[nH]c(C)c2C4c2cnn(C)c2)cc1. The second-order valence-corrected chi connectivity index (χ2v) is 9.92. The molecule has 1 aliphatic heterocycles. The number of nitrogens with zero attached hydrogens (tertiary/aromatic N) is 7. The Hall–Kier alpha value is -4.99. The highest BCUT2D eigenvalue weighted by Gasteiger charge is 2.37. The normalized spacial score (nSPS) is 14.2. The number of H-pyrrole nitrogens is 1. The molecule has 1 aliphatic rings. The van der Waals surface area contributed by atoms with Crippen LogP contribution in [0.4, 0.5) is 0 Å². The van der Waals surface area contributed by atoms with E-state index in [1.807, 2.05) is 56.7 Å². The standard InChI is InChI=1S/C29H26N8O2/c1-16-6-5-7-17(2)25(16)38-14-19-8-10-20(11-9-19)26-32-27-24-23(21-12-31-36(4)13-21)22-18(3)33-34-29(22)39-28(24)30-15-37(27)35-26/h5-13,15,23H,14H2,1-4H3,(H,33,34). The van der Waals surface area contributed by atoms with Gasteiger partial charge in [-0.3, -0.25) is 9.78 Å². The summed E-state index contributed by atoms with van der Waals surface area (Å²) in [5.41, 5.74) is 8.61. The van der Waals surface area contributed by atoms with E-state index in [1.54, 1.807) is 15.5 Å². The van der Waals surface area contributed by atoms with E-state index in [4.69, 9.17) is 19.6 Å². The summed E-state index contributed by atoms with van der Waals surface area (Å²) in [5, 5.41) is 16.6. The number of nitrogens with one attached hydrogen (secondary N) is 1. The van der Waals surface area contributed by atoms with Crippen molar-refractivity contribution in [1.82, 2.24) is 39.6 Å². The fraction of sp³-hybridized carbons (Fsp3) is 0.207. The molecule has 0 saturated heterocycles. The van der Waals surface area contributed by atoms with Gasteiger partial charge in [0.05, 0.1) is 17.7 Å². The summed E-state index contributed by atoms with van der Waals surface area (Å²) in [6, 6.07) is 14.3. The first-order valence-electron chi connectivity index (χ1n) is 12.7. The maximum Gasteiger partial charge on any atom is 0.244 e. The summed E-state index contributed by atoms with van der Waals surface area (Å²) < 4.78 is 15.7. The second-order valence-electron chi connectivity index (χ2n) is 9.92. The molecule has 6 aromatic rings. The summed E-state index contributed by atoms with van der Waals surface area (Å²) in [6.07, 6.45) is 5.48. The Labute approximate surface area is 224 Å². The third kappa shape index (κ3) is 3.83. The molecule has 0 aliphatic carbocycles. The van der Waals surface area contributed by atoms with Gasteiger partial charge in [0, 0.05) is 35.6 Å². The Kier molecular flexibility index (Phi) is 5.22. The number of para-hydroxylation sites is 1. The van der Waals surface area contributed by atoms with Crippen LogP contribution in [0.25, 0.3) is 17.0 Å². The average Bonchev–Trinajstić information content (AvgIpc) is 3.66. The first kappa shape index (κ1) is 23.2. The Morgan fingerprint density at radius 2 is 1.79 bits per heavy atom. The monoisotopic (exact) mass is 518 g/mol. The van der Waals surface area contributed by atoms with Crippen LogP contribution >= 0.6 is 0 Å². The average molecular weight is 519 g/mol. The molecule has 5 heterocycles. The van der Waals surface area contributed by atoms with Gasteiger partial charge in [0.2, 0.25) is 11.8 Å². The van der Waals surface area contributed by atoms with E-state index in [2.05, 4.69) is 46.3 Å². The van der Waals surface area contributed by atoms with Crippen LogP contribution in [0.2, 0.25) is 0 Å². The zero-order valence-electron chi connectivity index (χ0n) is 22.0. The lowest BCUT2D eigenvalue weighted by Crippen LogP contribution is -2.14. The number of hydrogen-bond acceptors (Lipinski definition) is 7. The lowest BCUT2D eigenvalue weighted by Gasteiger charge is -2.24. The molecule has 1 unspecified atom stereocenters. The van der Waals surface area contributed by atoms with Crippen molar-refractivity contribution in [2.45, 2.75) is 33.3 Å². The minimum Gasteiger partial charge on any atom is -0.488 e. The van der Waals surface area contributed by atoms with E-state index < -0.39 is 0 Å². The molecule has 1 N–H and O–H groups in total. The Bertz CT molecular complexity index is 1830. The molecule has 10 nitrogen and oxygen atoms in total. The van der Waals surface area contributed by atoms with E-state index in [0.29, 0.717) is 29.8 Å². The van der Waals surface area contributed by atoms with Gasteiger partial charge in [-0.15, -0.1) is 10.2 Å². The van der Waals surface area contributed by atoms with E-state index in [0.717, 1.165) is 50.4 Å².